The SMILES string of the molecule is COC(=O)c1coc(CN(C(=O)c2cccc(Br)c2)C(C)C)n1. The Morgan fingerprint density at radius 2 is 2.13 bits per heavy atom. The average Bonchev–Trinajstić information content (AvgIpc) is 2.99. The van der Waals surface area contributed by atoms with Crippen molar-refractivity contribution in [2.75, 3.05) is 7.11 Å². The maximum atomic E-state index is 12.7. The fourth-order valence-electron chi connectivity index (χ4n) is 2.00. The third kappa shape index (κ3) is 4.19. The molecule has 0 atom stereocenters. The summed E-state index contributed by atoms with van der Waals surface area (Å²) in [5.41, 5.74) is 0.647. The van der Waals surface area contributed by atoms with E-state index in [0.717, 1.165) is 4.47 Å². The van der Waals surface area contributed by atoms with Crippen molar-refractivity contribution in [2.45, 2.75) is 26.4 Å². The van der Waals surface area contributed by atoms with E-state index < -0.39 is 5.97 Å². The Morgan fingerprint density at radius 3 is 2.74 bits per heavy atom. The van der Waals surface area contributed by atoms with Crippen molar-refractivity contribution in [1.29, 1.82) is 0 Å². The molecule has 7 heteroatoms. The van der Waals surface area contributed by atoms with Gasteiger partial charge in [0.1, 0.15) is 6.26 Å². The molecule has 0 spiro atoms. The minimum atomic E-state index is -0.575. The van der Waals surface area contributed by atoms with Gasteiger partial charge in [-0.2, -0.15) is 0 Å². The van der Waals surface area contributed by atoms with Crippen molar-refractivity contribution in [3.8, 4) is 0 Å². The van der Waals surface area contributed by atoms with Gasteiger partial charge in [-0.1, -0.05) is 22.0 Å². The zero-order chi connectivity index (χ0) is 17.0. The second-order valence-electron chi connectivity index (χ2n) is 5.16. The molecule has 6 nitrogen and oxygen atoms in total. The summed E-state index contributed by atoms with van der Waals surface area (Å²) in [6.45, 7) is 3.97. The number of carbonyl (C=O) groups excluding carboxylic acids is 2. The van der Waals surface area contributed by atoms with Crippen LogP contribution in [0.4, 0.5) is 0 Å². The van der Waals surface area contributed by atoms with E-state index in [4.69, 9.17) is 4.42 Å². The van der Waals surface area contributed by atoms with Gasteiger partial charge in [0.05, 0.1) is 13.7 Å². The van der Waals surface area contributed by atoms with Gasteiger partial charge in [0.25, 0.3) is 5.91 Å². The van der Waals surface area contributed by atoms with Gasteiger partial charge in [0, 0.05) is 16.1 Å². The third-order valence-corrected chi connectivity index (χ3v) is 3.70. The standard InChI is InChI=1S/C16H17BrN2O4/c1-10(2)19(15(20)11-5-4-6-12(17)7-11)8-14-18-13(9-23-14)16(21)22-3/h4-7,9-10H,8H2,1-3H3. The van der Waals surface area contributed by atoms with E-state index >= 15 is 0 Å². The number of esters is 1. The highest BCUT2D eigenvalue weighted by molar-refractivity contribution is 9.10. The van der Waals surface area contributed by atoms with E-state index in [-0.39, 0.29) is 30.1 Å². The van der Waals surface area contributed by atoms with Crippen LogP contribution in [0, 0.1) is 0 Å². The predicted molar refractivity (Wildman–Crippen MR) is 87.0 cm³/mol. The molecule has 0 radical (unpaired) electrons. The van der Waals surface area contributed by atoms with Crippen LogP contribution >= 0.6 is 15.9 Å². The van der Waals surface area contributed by atoms with Crippen LogP contribution in [-0.2, 0) is 11.3 Å². The van der Waals surface area contributed by atoms with Crippen molar-refractivity contribution < 1.29 is 18.7 Å². The number of aromatic nitrogens is 1. The Bertz CT molecular complexity index is 712. The van der Waals surface area contributed by atoms with E-state index in [0.29, 0.717) is 5.56 Å². The maximum Gasteiger partial charge on any atom is 0.360 e. The molecule has 1 aromatic heterocycles. The first-order chi connectivity index (χ1) is 10.9. The van der Waals surface area contributed by atoms with Gasteiger partial charge in [-0.3, -0.25) is 4.79 Å². The highest BCUT2D eigenvalue weighted by Crippen LogP contribution is 2.17. The summed E-state index contributed by atoms with van der Waals surface area (Å²) in [4.78, 5) is 29.8. The number of nitrogens with zero attached hydrogens (tertiary/aromatic N) is 2. The number of halogens is 1. The summed E-state index contributed by atoms with van der Waals surface area (Å²) in [5.74, 6) is -0.434. The number of rotatable bonds is 5. The largest absolute Gasteiger partial charge is 0.464 e. The fourth-order valence-corrected chi connectivity index (χ4v) is 2.40. The molecule has 2 rings (SSSR count). The summed E-state index contributed by atoms with van der Waals surface area (Å²) in [7, 11) is 1.27. The molecule has 0 unspecified atom stereocenters. The zero-order valence-corrected chi connectivity index (χ0v) is 14.7. The average molecular weight is 381 g/mol. The summed E-state index contributed by atoms with van der Waals surface area (Å²) in [6.07, 6.45) is 1.23. The van der Waals surface area contributed by atoms with Gasteiger partial charge in [-0.15, -0.1) is 0 Å². The molecule has 23 heavy (non-hydrogen) atoms. The maximum absolute atomic E-state index is 12.7. The number of ether oxygens (including phenoxy) is 1. The van der Waals surface area contributed by atoms with Crippen LogP contribution in [0.1, 0.15) is 40.6 Å². The van der Waals surface area contributed by atoms with Crippen LogP contribution < -0.4 is 0 Å². The number of benzene rings is 1. The summed E-state index contributed by atoms with van der Waals surface area (Å²) < 4.78 is 10.7. The number of amides is 1. The van der Waals surface area contributed by atoms with E-state index in [9.17, 15) is 9.59 Å². The minimum absolute atomic E-state index is 0.0602. The normalized spacial score (nSPS) is 10.7. The fraction of sp³-hybridized carbons (Fsp3) is 0.312. The number of hydrogen-bond donors (Lipinski definition) is 0. The number of hydrogen-bond acceptors (Lipinski definition) is 5. The first kappa shape index (κ1) is 17.2. The van der Waals surface area contributed by atoms with Gasteiger partial charge in [0.15, 0.2) is 5.69 Å². The molecule has 2 aromatic rings. The van der Waals surface area contributed by atoms with Crippen molar-refractivity contribution in [2.24, 2.45) is 0 Å². The molecule has 1 amide bonds. The Hall–Kier alpha value is -2.15. The molecule has 122 valence electrons. The lowest BCUT2D eigenvalue weighted by molar-refractivity contribution is 0.0593. The van der Waals surface area contributed by atoms with Crippen LogP contribution in [0.5, 0.6) is 0 Å². The number of oxazole rings is 1. The Labute approximate surface area is 142 Å². The lowest BCUT2D eigenvalue weighted by atomic mass is 10.1. The Balaban J connectivity index is 2.20. The molecule has 0 bridgehead atoms. The van der Waals surface area contributed by atoms with Crippen LogP contribution in [0.25, 0.3) is 0 Å². The molecule has 1 aromatic carbocycles. The lowest BCUT2D eigenvalue weighted by Gasteiger charge is -2.25. The van der Waals surface area contributed by atoms with Crippen molar-refractivity contribution in [1.82, 2.24) is 9.88 Å². The van der Waals surface area contributed by atoms with Crippen molar-refractivity contribution in [3.05, 3.63) is 52.1 Å². The second-order valence-corrected chi connectivity index (χ2v) is 6.07. The molecular weight excluding hydrogens is 364 g/mol. The van der Waals surface area contributed by atoms with Gasteiger partial charge >= 0.3 is 5.97 Å². The Morgan fingerprint density at radius 1 is 1.39 bits per heavy atom. The van der Waals surface area contributed by atoms with E-state index in [1.165, 1.54) is 13.4 Å². The molecular formula is C16H17BrN2O4. The van der Waals surface area contributed by atoms with E-state index in [1.807, 2.05) is 19.9 Å². The molecule has 0 aliphatic heterocycles. The van der Waals surface area contributed by atoms with E-state index in [2.05, 4.69) is 25.7 Å². The predicted octanol–water partition coefficient (Wildman–Crippen LogP) is 3.27. The quantitative estimate of drug-likeness (QED) is 0.744. The Kier molecular flexibility index (Phi) is 5.54. The van der Waals surface area contributed by atoms with Gasteiger partial charge in [0.2, 0.25) is 5.89 Å². The smallest absolute Gasteiger partial charge is 0.360 e. The van der Waals surface area contributed by atoms with E-state index in [1.54, 1.807) is 23.1 Å². The minimum Gasteiger partial charge on any atom is -0.464 e. The van der Waals surface area contributed by atoms with Crippen LogP contribution in [0.3, 0.4) is 0 Å². The molecule has 0 aliphatic carbocycles. The summed E-state index contributed by atoms with van der Waals surface area (Å²) >= 11 is 3.36. The molecule has 1 heterocycles. The highest BCUT2D eigenvalue weighted by atomic mass is 79.9. The van der Waals surface area contributed by atoms with Crippen molar-refractivity contribution in [3.63, 3.8) is 0 Å². The molecule has 0 saturated carbocycles. The van der Waals surface area contributed by atoms with Gasteiger partial charge in [-0.05, 0) is 32.0 Å². The number of carbonyl (C=O) groups is 2. The summed E-state index contributed by atoms with van der Waals surface area (Å²) in [5, 5.41) is 0. The van der Waals surface area contributed by atoms with Crippen molar-refractivity contribution >= 4 is 27.8 Å². The first-order valence-corrected chi connectivity index (χ1v) is 7.81. The number of methoxy groups -OCH3 is 1. The third-order valence-electron chi connectivity index (χ3n) is 3.21. The molecule has 0 N–H and O–H groups in total. The summed E-state index contributed by atoms with van der Waals surface area (Å²) in [6, 6.07) is 7.10. The lowest BCUT2D eigenvalue weighted by Crippen LogP contribution is -2.36. The molecule has 0 aliphatic rings. The van der Waals surface area contributed by atoms with Crippen LogP contribution in [-0.4, -0.2) is 34.9 Å². The second kappa shape index (κ2) is 7.41. The zero-order valence-electron chi connectivity index (χ0n) is 13.1. The van der Waals surface area contributed by atoms with Crippen LogP contribution in [0.2, 0.25) is 0 Å². The highest BCUT2D eigenvalue weighted by Gasteiger charge is 2.22. The molecule has 0 saturated heterocycles. The molecule has 0 fully saturated rings. The van der Waals surface area contributed by atoms with Gasteiger partial charge < -0.3 is 14.1 Å². The first-order valence-electron chi connectivity index (χ1n) is 7.01. The topological polar surface area (TPSA) is 72.6 Å². The monoisotopic (exact) mass is 380 g/mol. The van der Waals surface area contributed by atoms with Gasteiger partial charge in [-0.25, -0.2) is 9.78 Å². The van der Waals surface area contributed by atoms with Crippen LogP contribution in [0.15, 0.2) is 39.4 Å².